The van der Waals surface area contributed by atoms with E-state index >= 15 is 0 Å². The number of hydrogen-bond donors (Lipinski definition) is 2. The predicted molar refractivity (Wildman–Crippen MR) is 106 cm³/mol. The molecule has 0 saturated heterocycles. The van der Waals surface area contributed by atoms with E-state index in [9.17, 15) is 4.79 Å². The minimum Gasteiger partial charge on any atom is -0.496 e. The molecule has 1 aliphatic rings. The molecule has 2 atom stereocenters. The fourth-order valence-electron chi connectivity index (χ4n) is 3.38. The molecule has 0 heterocycles. The summed E-state index contributed by atoms with van der Waals surface area (Å²) in [6, 6.07) is 3.52. The molecule has 1 fully saturated rings. The molecular weight excluding hydrogens is 372 g/mol. The minimum absolute atomic E-state index is 0. The number of ether oxygens (including phenoxy) is 4. The molecule has 3 N–H and O–H groups in total. The first-order valence-corrected chi connectivity index (χ1v) is 8.72. The highest BCUT2D eigenvalue weighted by atomic mass is 35.5. The van der Waals surface area contributed by atoms with E-state index in [-0.39, 0.29) is 31.0 Å². The third-order valence-electron chi connectivity index (χ3n) is 5.46. The maximum absolute atomic E-state index is 12.8. The normalized spacial score (nSPS) is 22.9. The van der Waals surface area contributed by atoms with E-state index in [0.29, 0.717) is 30.3 Å². The first kappa shape index (κ1) is 23.3. The lowest BCUT2D eigenvalue weighted by Gasteiger charge is -2.57. The van der Waals surface area contributed by atoms with Crippen molar-refractivity contribution in [3.63, 3.8) is 0 Å². The Hall–Kier alpha value is -1.70. The average molecular weight is 403 g/mol. The van der Waals surface area contributed by atoms with Crippen molar-refractivity contribution in [2.75, 3.05) is 27.9 Å². The van der Waals surface area contributed by atoms with Crippen molar-refractivity contribution in [2.24, 2.45) is 11.1 Å². The Kier molecular flexibility index (Phi) is 7.77. The average Bonchev–Trinajstić information content (AvgIpc) is 2.64. The molecule has 1 aromatic rings. The zero-order valence-electron chi connectivity index (χ0n) is 16.9. The molecule has 154 valence electrons. The van der Waals surface area contributed by atoms with Gasteiger partial charge in [-0.3, -0.25) is 4.79 Å². The van der Waals surface area contributed by atoms with Gasteiger partial charge in [0.1, 0.15) is 11.3 Å². The Morgan fingerprint density at radius 2 is 1.70 bits per heavy atom. The smallest absolute Gasteiger partial charge is 0.241 e. The van der Waals surface area contributed by atoms with Crippen LogP contribution in [-0.4, -0.2) is 45.5 Å². The molecule has 1 aliphatic carbocycles. The highest BCUT2D eigenvalue weighted by Crippen LogP contribution is 2.49. The van der Waals surface area contributed by atoms with Crippen LogP contribution in [0.15, 0.2) is 12.1 Å². The second kappa shape index (κ2) is 8.99. The summed E-state index contributed by atoms with van der Waals surface area (Å²) >= 11 is 0. The van der Waals surface area contributed by atoms with E-state index in [1.54, 1.807) is 33.5 Å². The molecule has 1 amide bonds. The van der Waals surface area contributed by atoms with Crippen molar-refractivity contribution < 1.29 is 23.7 Å². The van der Waals surface area contributed by atoms with Crippen LogP contribution in [-0.2, 0) is 16.1 Å². The Labute approximate surface area is 167 Å². The van der Waals surface area contributed by atoms with Gasteiger partial charge in [0.25, 0.3) is 0 Å². The van der Waals surface area contributed by atoms with Gasteiger partial charge in [0.15, 0.2) is 11.5 Å². The number of nitrogens with one attached hydrogen (secondary N) is 1. The summed E-state index contributed by atoms with van der Waals surface area (Å²) < 4.78 is 21.7. The molecule has 1 saturated carbocycles. The quantitative estimate of drug-likeness (QED) is 0.693. The van der Waals surface area contributed by atoms with Gasteiger partial charge in [-0.2, -0.15) is 0 Å². The lowest BCUT2D eigenvalue weighted by atomic mass is 9.54. The molecule has 8 heteroatoms. The topological polar surface area (TPSA) is 92.0 Å². The summed E-state index contributed by atoms with van der Waals surface area (Å²) in [6.45, 7) is 6.75. The third kappa shape index (κ3) is 4.10. The molecule has 0 radical (unpaired) electrons. The summed E-state index contributed by atoms with van der Waals surface area (Å²) in [4.78, 5) is 12.8. The highest BCUT2D eigenvalue weighted by Gasteiger charge is 2.62. The van der Waals surface area contributed by atoms with Gasteiger partial charge < -0.3 is 30.0 Å². The van der Waals surface area contributed by atoms with E-state index in [1.165, 1.54) is 0 Å². The summed E-state index contributed by atoms with van der Waals surface area (Å²) in [5.41, 5.74) is 5.79. The van der Waals surface area contributed by atoms with Crippen molar-refractivity contribution in [3.05, 3.63) is 17.7 Å². The fraction of sp³-hybridized carbons (Fsp3) is 0.632. The molecule has 27 heavy (non-hydrogen) atoms. The lowest BCUT2D eigenvalue weighted by molar-refractivity contribution is -0.170. The molecule has 7 nitrogen and oxygen atoms in total. The summed E-state index contributed by atoms with van der Waals surface area (Å²) in [5, 5.41) is 2.93. The van der Waals surface area contributed by atoms with Gasteiger partial charge in [-0.15, -0.1) is 12.4 Å². The van der Waals surface area contributed by atoms with E-state index in [0.717, 1.165) is 5.56 Å². The summed E-state index contributed by atoms with van der Waals surface area (Å²) in [6.07, 6.45) is 0.488. The minimum atomic E-state index is -0.962. The second-order valence-corrected chi connectivity index (χ2v) is 7.04. The number of carbonyl (C=O) groups is 1. The second-order valence-electron chi connectivity index (χ2n) is 7.04. The first-order chi connectivity index (χ1) is 12.2. The van der Waals surface area contributed by atoms with E-state index in [2.05, 4.69) is 5.32 Å². The van der Waals surface area contributed by atoms with Crippen LogP contribution in [0.25, 0.3) is 0 Å². The van der Waals surface area contributed by atoms with Crippen molar-refractivity contribution >= 4 is 18.3 Å². The van der Waals surface area contributed by atoms with Crippen LogP contribution in [0.3, 0.4) is 0 Å². The number of amides is 1. The van der Waals surface area contributed by atoms with Crippen molar-refractivity contribution in [3.8, 4) is 17.2 Å². The number of rotatable bonds is 8. The molecule has 0 aromatic heterocycles. The van der Waals surface area contributed by atoms with Gasteiger partial charge in [-0.25, -0.2) is 0 Å². The highest BCUT2D eigenvalue weighted by molar-refractivity contribution is 5.88. The SMILES string of the molecule is CCOC1CC(N)(C(=O)NCc2cc(OC)c(OC)cc2OC)C1(C)C.Cl. The van der Waals surface area contributed by atoms with E-state index in [1.807, 2.05) is 20.8 Å². The maximum atomic E-state index is 12.8. The molecule has 0 bridgehead atoms. The van der Waals surface area contributed by atoms with Crippen LogP contribution >= 0.6 is 12.4 Å². The van der Waals surface area contributed by atoms with Gasteiger partial charge >= 0.3 is 0 Å². The number of benzene rings is 1. The van der Waals surface area contributed by atoms with Crippen molar-refractivity contribution in [1.82, 2.24) is 5.32 Å². The number of methoxy groups -OCH3 is 3. The summed E-state index contributed by atoms with van der Waals surface area (Å²) in [5.74, 6) is 1.54. The molecular formula is C19H31ClN2O5. The van der Waals surface area contributed by atoms with Gasteiger partial charge in [-0.1, -0.05) is 13.8 Å². The largest absolute Gasteiger partial charge is 0.496 e. The fourth-order valence-corrected chi connectivity index (χ4v) is 3.38. The van der Waals surface area contributed by atoms with E-state index < -0.39 is 11.0 Å². The van der Waals surface area contributed by atoms with Crippen molar-refractivity contribution in [1.29, 1.82) is 0 Å². The van der Waals surface area contributed by atoms with Crippen LogP contribution in [0, 0.1) is 5.41 Å². The van der Waals surface area contributed by atoms with Crippen LogP contribution in [0.5, 0.6) is 17.2 Å². The Morgan fingerprint density at radius 3 is 2.19 bits per heavy atom. The summed E-state index contributed by atoms with van der Waals surface area (Å²) in [7, 11) is 4.69. The zero-order chi connectivity index (χ0) is 19.5. The number of carbonyl (C=O) groups excluding carboxylic acids is 1. The van der Waals surface area contributed by atoms with Crippen LogP contribution < -0.4 is 25.3 Å². The molecule has 1 aromatic carbocycles. The van der Waals surface area contributed by atoms with Crippen LogP contribution in [0.2, 0.25) is 0 Å². The number of hydrogen-bond acceptors (Lipinski definition) is 6. The van der Waals surface area contributed by atoms with Crippen LogP contribution in [0.1, 0.15) is 32.8 Å². The van der Waals surface area contributed by atoms with Crippen molar-refractivity contribution in [2.45, 2.75) is 45.4 Å². The standard InChI is InChI=1S/C19H30N2O5.ClH/c1-7-26-16-10-19(20,18(16,2)3)17(22)21-11-12-8-14(24-5)15(25-6)9-13(12)23-4;/h8-9,16H,7,10-11,20H2,1-6H3,(H,21,22);1H. The Balaban J connectivity index is 0.00000364. The lowest BCUT2D eigenvalue weighted by Crippen LogP contribution is -2.75. The van der Waals surface area contributed by atoms with Gasteiger partial charge in [0, 0.05) is 36.6 Å². The monoisotopic (exact) mass is 402 g/mol. The zero-order valence-corrected chi connectivity index (χ0v) is 17.7. The van der Waals surface area contributed by atoms with Gasteiger partial charge in [0.05, 0.1) is 27.4 Å². The van der Waals surface area contributed by atoms with Gasteiger partial charge in [-0.05, 0) is 13.0 Å². The molecule has 0 spiro atoms. The maximum Gasteiger partial charge on any atom is 0.241 e. The Bertz CT molecular complexity index is 668. The molecule has 2 unspecified atom stereocenters. The number of halogens is 1. The Morgan fingerprint density at radius 1 is 1.15 bits per heavy atom. The number of nitrogens with two attached hydrogens (primary N) is 1. The van der Waals surface area contributed by atoms with Gasteiger partial charge in [0.2, 0.25) is 5.91 Å². The van der Waals surface area contributed by atoms with Crippen LogP contribution in [0.4, 0.5) is 0 Å². The molecule has 0 aliphatic heterocycles. The molecule has 2 rings (SSSR count). The third-order valence-corrected chi connectivity index (χ3v) is 5.46. The first-order valence-electron chi connectivity index (χ1n) is 8.72. The van der Waals surface area contributed by atoms with E-state index in [4.69, 9.17) is 24.7 Å². The predicted octanol–water partition coefficient (Wildman–Crippen LogP) is 2.28.